The van der Waals surface area contributed by atoms with Crippen molar-refractivity contribution in [3.63, 3.8) is 0 Å². The number of hydrogen-bond acceptors (Lipinski definition) is 1. The molecule has 0 aromatic rings. The Kier molecular flexibility index (Phi) is 3.63. The van der Waals surface area contributed by atoms with E-state index in [0.29, 0.717) is 0 Å². The van der Waals surface area contributed by atoms with Crippen LogP contribution in [0.25, 0.3) is 0 Å². The molecule has 4 heteroatoms. The largest absolute Gasteiger partial charge is 0.403 e. The van der Waals surface area contributed by atoms with Crippen LogP contribution in [0.2, 0.25) is 0 Å². The smallest absolute Gasteiger partial charge is 0.284 e. The standard InChI is InChI=1S/C12H22F3N/c1-8(2)11(4,5)16(10-6-7-10)9(3)12(13,14)15/h8-10H,6-7H2,1-5H3/t9-/m0/s1. The second-order valence-corrected chi connectivity index (χ2v) is 5.66. The third kappa shape index (κ3) is 2.70. The van der Waals surface area contributed by atoms with Gasteiger partial charge >= 0.3 is 6.18 Å². The number of rotatable bonds is 4. The monoisotopic (exact) mass is 237 g/mol. The molecule has 1 saturated carbocycles. The predicted molar refractivity (Wildman–Crippen MR) is 59.3 cm³/mol. The maximum Gasteiger partial charge on any atom is 0.403 e. The van der Waals surface area contributed by atoms with Gasteiger partial charge in [0.25, 0.3) is 0 Å². The van der Waals surface area contributed by atoms with Crippen LogP contribution in [0.3, 0.4) is 0 Å². The third-order valence-electron chi connectivity index (χ3n) is 3.91. The van der Waals surface area contributed by atoms with Gasteiger partial charge in [-0.15, -0.1) is 0 Å². The lowest BCUT2D eigenvalue weighted by Crippen LogP contribution is -2.57. The van der Waals surface area contributed by atoms with Crippen molar-refractivity contribution < 1.29 is 13.2 Å². The minimum absolute atomic E-state index is 0.119. The maximum absolute atomic E-state index is 12.8. The number of halogens is 3. The first-order valence-corrected chi connectivity index (χ1v) is 5.93. The highest BCUT2D eigenvalue weighted by molar-refractivity contribution is 4.99. The summed E-state index contributed by atoms with van der Waals surface area (Å²) in [7, 11) is 0. The van der Waals surface area contributed by atoms with Gasteiger partial charge in [0.1, 0.15) is 6.04 Å². The van der Waals surface area contributed by atoms with Crippen LogP contribution < -0.4 is 0 Å². The first kappa shape index (κ1) is 13.8. The van der Waals surface area contributed by atoms with Crippen molar-refractivity contribution in [3.8, 4) is 0 Å². The van der Waals surface area contributed by atoms with Crippen LogP contribution in [0.15, 0.2) is 0 Å². The summed E-state index contributed by atoms with van der Waals surface area (Å²) in [5, 5.41) is 0. The van der Waals surface area contributed by atoms with E-state index in [1.54, 1.807) is 4.90 Å². The molecule has 0 radical (unpaired) electrons. The van der Waals surface area contributed by atoms with E-state index in [-0.39, 0.29) is 12.0 Å². The molecule has 0 aromatic heterocycles. The molecule has 0 aromatic carbocycles. The summed E-state index contributed by atoms with van der Waals surface area (Å²) in [6, 6.07) is -1.23. The summed E-state index contributed by atoms with van der Waals surface area (Å²) >= 11 is 0. The first-order valence-electron chi connectivity index (χ1n) is 5.93. The Hall–Kier alpha value is -0.250. The maximum atomic E-state index is 12.8. The highest BCUT2D eigenvalue weighted by atomic mass is 19.4. The van der Waals surface area contributed by atoms with Crippen molar-refractivity contribution in [2.45, 2.75) is 71.3 Å². The summed E-state index contributed by atoms with van der Waals surface area (Å²) in [6.07, 6.45) is -2.33. The van der Waals surface area contributed by atoms with Crippen LogP contribution >= 0.6 is 0 Å². The Morgan fingerprint density at radius 3 is 1.75 bits per heavy atom. The minimum atomic E-state index is -4.13. The fraction of sp³-hybridized carbons (Fsp3) is 1.00. The number of alkyl halides is 3. The zero-order valence-corrected chi connectivity index (χ0v) is 10.7. The van der Waals surface area contributed by atoms with E-state index in [1.165, 1.54) is 6.92 Å². The van der Waals surface area contributed by atoms with Crippen molar-refractivity contribution in [1.82, 2.24) is 4.90 Å². The predicted octanol–water partition coefficient (Wildman–Crippen LogP) is 3.84. The molecule has 1 aliphatic rings. The van der Waals surface area contributed by atoms with Crippen molar-refractivity contribution in [2.75, 3.05) is 0 Å². The van der Waals surface area contributed by atoms with Crippen LogP contribution in [0.4, 0.5) is 13.2 Å². The summed E-state index contributed by atoms with van der Waals surface area (Å²) in [5.41, 5.74) is -0.407. The molecule has 1 nitrogen and oxygen atoms in total. The highest BCUT2D eigenvalue weighted by Gasteiger charge is 2.51. The minimum Gasteiger partial charge on any atom is -0.284 e. The molecule has 0 N–H and O–H groups in total. The zero-order valence-electron chi connectivity index (χ0n) is 10.7. The molecule has 0 heterocycles. The molecule has 0 aliphatic heterocycles. The lowest BCUT2D eigenvalue weighted by molar-refractivity contribution is -0.197. The number of hydrogen-bond donors (Lipinski definition) is 0. The van der Waals surface area contributed by atoms with Crippen LogP contribution in [0, 0.1) is 5.92 Å². The Morgan fingerprint density at radius 1 is 1.06 bits per heavy atom. The summed E-state index contributed by atoms with van der Waals surface area (Å²) in [5.74, 6) is 0.206. The molecule has 0 amide bonds. The van der Waals surface area contributed by atoms with Gasteiger partial charge in [-0.25, -0.2) is 0 Å². The molecule has 0 bridgehead atoms. The molecule has 96 valence electrons. The van der Waals surface area contributed by atoms with E-state index in [9.17, 15) is 13.2 Å². The molecule has 16 heavy (non-hydrogen) atoms. The van der Waals surface area contributed by atoms with Crippen molar-refractivity contribution >= 4 is 0 Å². The molecule has 1 fully saturated rings. The van der Waals surface area contributed by atoms with Crippen LogP contribution in [0.1, 0.15) is 47.5 Å². The second-order valence-electron chi connectivity index (χ2n) is 5.66. The second kappa shape index (κ2) is 4.21. The SMILES string of the molecule is CC(C)C(C)(C)N(C1CC1)[C@@H](C)C(F)(F)F. The topological polar surface area (TPSA) is 3.24 Å². The molecule has 0 saturated heterocycles. The van der Waals surface area contributed by atoms with Crippen LogP contribution in [-0.2, 0) is 0 Å². The normalized spacial score (nSPS) is 20.6. The summed E-state index contributed by atoms with van der Waals surface area (Å²) in [6.45, 7) is 9.08. The zero-order chi connectivity index (χ0) is 12.7. The fourth-order valence-electron chi connectivity index (χ4n) is 2.09. The summed E-state index contributed by atoms with van der Waals surface area (Å²) in [4.78, 5) is 1.66. The van der Waals surface area contributed by atoms with Gasteiger partial charge in [0.05, 0.1) is 0 Å². The number of nitrogens with zero attached hydrogens (tertiary/aromatic N) is 1. The first-order chi connectivity index (χ1) is 7.08. The Balaban J connectivity index is 2.91. The average molecular weight is 237 g/mol. The van der Waals surface area contributed by atoms with Gasteiger partial charge in [-0.05, 0) is 39.5 Å². The third-order valence-corrected chi connectivity index (χ3v) is 3.91. The van der Waals surface area contributed by atoms with E-state index in [2.05, 4.69) is 0 Å². The molecule has 1 aliphatic carbocycles. The van der Waals surface area contributed by atoms with Crippen molar-refractivity contribution in [3.05, 3.63) is 0 Å². The van der Waals surface area contributed by atoms with Crippen molar-refractivity contribution in [2.24, 2.45) is 5.92 Å². The lowest BCUT2D eigenvalue weighted by atomic mass is 9.87. The van der Waals surface area contributed by atoms with Gasteiger partial charge in [-0.3, -0.25) is 4.90 Å². The van der Waals surface area contributed by atoms with E-state index in [1.807, 2.05) is 27.7 Å². The molecule has 1 rings (SSSR count). The van der Waals surface area contributed by atoms with E-state index < -0.39 is 17.8 Å². The lowest BCUT2D eigenvalue weighted by Gasteiger charge is -2.46. The van der Waals surface area contributed by atoms with Crippen LogP contribution in [0.5, 0.6) is 0 Å². The molecule has 0 spiro atoms. The van der Waals surface area contributed by atoms with Crippen molar-refractivity contribution in [1.29, 1.82) is 0 Å². The van der Waals surface area contributed by atoms with Gasteiger partial charge in [-0.1, -0.05) is 13.8 Å². The van der Waals surface area contributed by atoms with E-state index in [0.717, 1.165) is 12.8 Å². The van der Waals surface area contributed by atoms with Gasteiger partial charge in [0.2, 0.25) is 0 Å². The fourth-order valence-corrected chi connectivity index (χ4v) is 2.09. The van der Waals surface area contributed by atoms with Gasteiger partial charge in [-0.2, -0.15) is 13.2 Å². The highest BCUT2D eigenvalue weighted by Crippen LogP contribution is 2.41. The summed E-state index contributed by atoms with van der Waals surface area (Å²) < 4.78 is 38.5. The van der Waals surface area contributed by atoms with Gasteiger partial charge in [0.15, 0.2) is 0 Å². The quantitative estimate of drug-likeness (QED) is 0.718. The Labute approximate surface area is 96.0 Å². The molecule has 1 atom stereocenters. The molecular weight excluding hydrogens is 215 g/mol. The van der Waals surface area contributed by atoms with E-state index >= 15 is 0 Å². The average Bonchev–Trinajstić information content (AvgIpc) is 2.85. The molecule has 0 unspecified atom stereocenters. The van der Waals surface area contributed by atoms with Gasteiger partial charge in [0, 0.05) is 11.6 Å². The molecular formula is C12H22F3N. The Bertz CT molecular complexity index is 241. The van der Waals surface area contributed by atoms with E-state index in [4.69, 9.17) is 0 Å². The van der Waals surface area contributed by atoms with Crippen LogP contribution in [-0.4, -0.2) is 28.7 Å². The Morgan fingerprint density at radius 2 is 1.50 bits per heavy atom. The van der Waals surface area contributed by atoms with Gasteiger partial charge < -0.3 is 0 Å².